The van der Waals surface area contributed by atoms with Crippen molar-refractivity contribution in [2.45, 2.75) is 49.9 Å². The number of hydrogen-bond donors (Lipinski definition) is 9. The Morgan fingerprint density at radius 1 is 0.861 bits per heavy atom. The maximum Gasteiger partial charge on any atom is 0.326 e. The van der Waals surface area contributed by atoms with Crippen molar-refractivity contribution in [3.05, 3.63) is 29.8 Å². The van der Waals surface area contributed by atoms with Crippen LogP contribution in [0.25, 0.3) is 0 Å². The van der Waals surface area contributed by atoms with E-state index in [1.165, 1.54) is 24.3 Å². The van der Waals surface area contributed by atoms with E-state index >= 15 is 0 Å². The van der Waals surface area contributed by atoms with Crippen molar-refractivity contribution >= 4 is 48.2 Å². The Bertz CT molecular complexity index is 973. The number of aromatic hydroxyl groups is 1. The topological polar surface area (TPSA) is 251 Å². The van der Waals surface area contributed by atoms with Crippen LogP contribution in [0.3, 0.4) is 0 Å². The normalized spacial score (nSPS) is 13.9. The monoisotopic (exact) mass is 527 g/mol. The van der Waals surface area contributed by atoms with Crippen molar-refractivity contribution in [3.8, 4) is 5.75 Å². The summed E-state index contributed by atoms with van der Waals surface area (Å²) in [6.07, 6.45) is -1.31. The second-order valence-electron chi connectivity index (χ2n) is 7.78. The lowest BCUT2D eigenvalue weighted by molar-refractivity contribution is -0.143. The SMILES string of the molecule is NC(=O)CCC(N)C(=O)NC(CS)C(=O)NC(CC(=O)O)C(=O)NC(Cc1ccc(O)cc1)C(=O)O. The van der Waals surface area contributed by atoms with E-state index < -0.39 is 66.2 Å². The minimum atomic E-state index is -1.68. The van der Waals surface area contributed by atoms with E-state index in [9.17, 15) is 39.0 Å². The largest absolute Gasteiger partial charge is 0.508 e. The molecule has 198 valence electrons. The van der Waals surface area contributed by atoms with Gasteiger partial charge in [-0.2, -0.15) is 12.6 Å². The molecule has 0 radical (unpaired) electrons. The number of carboxylic acid groups (broad SMARTS) is 2. The first-order valence-electron chi connectivity index (χ1n) is 10.6. The molecule has 0 fully saturated rings. The van der Waals surface area contributed by atoms with Gasteiger partial charge in [0.15, 0.2) is 0 Å². The second kappa shape index (κ2) is 14.5. The fourth-order valence-electron chi connectivity index (χ4n) is 2.90. The van der Waals surface area contributed by atoms with Gasteiger partial charge in [0.1, 0.15) is 23.9 Å². The highest BCUT2D eigenvalue weighted by Gasteiger charge is 2.31. The van der Waals surface area contributed by atoms with Gasteiger partial charge in [0.05, 0.1) is 12.5 Å². The van der Waals surface area contributed by atoms with Gasteiger partial charge in [-0.15, -0.1) is 0 Å². The van der Waals surface area contributed by atoms with Crippen LogP contribution >= 0.6 is 12.6 Å². The number of nitrogens with two attached hydrogens (primary N) is 2. The first kappa shape index (κ1) is 30.2. The summed E-state index contributed by atoms with van der Waals surface area (Å²) in [4.78, 5) is 71.3. The van der Waals surface area contributed by atoms with Gasteiger partial charge in [0.2, 0.25) is 23.6 Å². The minimum absolute atomic E-state index is 0.0430. The first-order valence-corrected chi connectivity index (χ1v) is 11.3. The van der Waals surface area contributed by atoms with Crippen molar-refractivity contribution in [2.75, 3.05) is 5.75 Å². The zero-order valence-corrected chi connectivity index (χ0v) is 19.9. The Labute approximate surface area is 211 Å². The number of hydrogen-bond acceptors (Lipinski definition) is 9. The van der Waals surface area contributed by atoms with E-state index in [2.05, 4.69) is 28.6 Å². The van der Waals surface area contributed by atoms with Crippen LogP contribution in [0.2, 0.25) is 0 Å². The summed E-state index contributed by atoms with van der Waals surface area (Å²) >= 11 is 3.97. The van der Waals surface area contributed by atoms with Crippen LogP contribution in [0.5, 0.6) is 5.75 Å². The molecule has 0 aromatic heterocycles. The molecule has 4 atom stereocenters. The summed E-state index contributed by atoms with van der Waals surface area (Å²) in [5, 5.41) is 34.6. The Kier molecular flexibility index (Phi) is 12.2. The van der Waals surface area contributed by atoms with Gasteiger partial charge < -0.3 is 42.7 Å². The number of carbonyl (C=O) groups excluding carboxylic acids is 4. The smallest absolute Gasteiger partial charge is 0.326 e. The van der Waals surface area contributed by atoms with Crippen molar-refractivity contribution in [1.29, 1.82) is 0 Å². The van der Waals surface area contributed by atoms with E-state index in [0.29, 0.717) is 5.56 Å². The van der Waals surface area contributed by atoms with Crippen molar-refractivity contribution in [3.63, 3.8) is 0 Å². The predicted octanol–water partition coefficient (Wildman–Crippen LogP) is -2.53. The Morgan fingerprint density at radius 3 is 1.89 bits per heavy atom. The number of primary amides is 1. The van der Waals surface area contributed by atoms with Crippen molar-refractivity contribution in [2.24, 2.45) is 11.5 Å². The third-order valence-electron chi connectivity index (χ3n) is 4.86. The number of carboxylic acids is 2. The molecule has 4 unspecified atom stereocenters. The molecule has 0 bridgehead atoms. The molecule has 0 aliphatic carbocycles. The molecule has 10 N–H and O–H groups in total. The summed E-state index contributed by atoms with van der Waals surface area (Å²) in [5.41, 5.74) is 11.1. The van der Waals surface area contributed by atoms with Crippen LogP contribution in [0.4, 0.5) is 0 Å². The lowest BCUT2D eigenvalue weighted by Gasteiger charge is -2.24. The number of phenolic OH excluding ortho intramolecular Hbond substituents is 1. The summed E-state index contributed by atoms with van der Waals surface area (Å²) < 4.78 is 0. The molecule has 0 aliphatic rings. The van der Waals surface area contributed by atoms with Crippen LogP contribution in [-0.2, 0) is 35.2 Å². The lowest BCUT2D eigenvalue weighted by atomic mass is 10.0. The summed E-state index contributed by atoms with van der Waals surface area (Å²) in [5.74, 6) is -6.69. The van der Waals surface area contributed by atoms with Crippen LogP contribution in [0, 0.1) is 0 Å². The molecule has 0 spiro atoms. The van der Waals surface area contributed by atoms with Crippen LogP contribution < -0.4 is 27.4 Å². The van der Waals surface area contributed by atoms with E-state index in [1.54, 1.807) is 0 Å². The van der Waals surface area contributed by atoms with Crippen LogP contribution in [-0.4, -0.2) is 80.8 Å². The molecule has 0 heterocycles. The average Bonchev–Trinajstić information content (AvgIpc) is 2.80. The van der Waals surface area contributed by atoms with Gasteiger partial charge in [0.25, 0.3) is 0 Å². The standard InChI is InChI=1S/C21H29N5O9S/c22-12(5-6-16(23)28)18(31)26-15(9-36)20(33)24-13(8-17(29)30)19(32)25-14(21(34)35)7-10-1-3-11(27)4-2-10/h1-4,12-15,27,36H,5-9,22H2,(H2,23,28)(H,24,33)(H,25,32)(H,26,31)(H,29,30)(H,34,35). The van der Waals surface area contributed by atoms with Gasteiger partial charge in [-0.3, -0.25) is 24.0 Å². The zero-order valence-electron chi connectivity index (χ0n) is 19.0. The number of thiol groups is 1. The second-order valence-corrected chi connectivity index (χ2v) is 8.15. The zero-order chi connectivity index (χ0) is 27.4. The molecule has 0 saturated carbocycles. The Morgan fingerprint density at radius 2 is 1.39 bits per heavy atom. The number of aliphatic carboxylic acids is 2. The van der Waals surface area contributed by atoms with E-state index in [1.807, 2.05) is 0 Å². The molecule has 1 aromatic rings. The number of rotatable bonds is 15. The fraction of sp³-hybridized carbons (Fsp3) is 0.429. The molecule has 1 aromatic carbocycles. The van der Waals surface area contributed by atoms with Crippen molar-refractivity contribution < 1.29 is 44.1 Å². The fourth-order valence-corrected chi connectivity index (χ4v) is 3.16. The average molecular weight is 528 g/mol. The van der Waals surface area contributed by atoms with Gasteiger partial charge >= 0.3 is 11.9 Å². The maximum absolute atomic E-state index is 12.7. The van der Waals surface area contributed by atoms with Gasteiger partial charge in [-0.1, -0.05) is 12.1 Å². The number of carbonyl (C=O) groups is 6. The third kappa shape index (κ3) is 10.6. The third-order valence-corrected chi connectivity index (χ3v) is 5.22. The summed E-state index contributed by atoms with van der Waals surface area (Å²) in [6, 6.07) is -0.0914. The summed E-state index contributed by atoms with van der Waals surface area (Å²) in [7, 11) is 0. The highest BCUT2D eigenvalue weighted by Crippen LogP contribution is 2.12. The highest BCUT2D eigenvalue weighted by molar-refractivity contribution is 7.80. The predicted molar refractivity (Wildman–Crippen MR) is 128 cm³/mol. The van der Waals surface area contributed by atoms with E-state index in [4.69, 9.17) is 16.6 Å². The minimum Gasteiger partial charge on any atom is -0.508 e. The molecule has 0 aliphatic heterocycles. The molecule has 1 rings (SSSR count). The first-order chi connectivity index (χ1) is 16.8. The number of nitrogens with one attached hydrogen (secondary N) is 3. The molecule has 36 heavy (non-hydrogen) atoms. The van der Waals surface area contributed by atoms with Gasteiger partial charge in [0, 0.05) is 18.6 Å². The quantitative estimate of drug-likeness (QED) is 0.108. The Balaban J connectivity index is 2.90. The van der Waals surface area contributed by atoms with E-state index in [-0.39, 0.29) is 30.8 Å². The maximum atomic E-state index is 12.7. The van der Waals surface area contributed by atoms with Crippen LogP contribution in [0.1, 0.15) is 24.8 Å². The molecular formula is C21H29N5O9S. The summed E-state index contributed by atoms with van der Waals surface area (Å²) in [6.45, 7) is 0. The number of amides is 4. The number of benzene rings is 1. The highest BCUT2D eigenvalue weighted by atomic mass is 32.1. The lowest BCUT2D eigenvalue weighted by Crippen LogP contribution is -2.58. The molecule has 0 saturated heterocycles. The number of phenols is 1. The Hall–Kier alpha value is -3.85. The molecule has 4 amide bonds. The van der Waals surface area contributed by atoms with Gasteiger partial charge in [-0.05, 0) is 24.1 Å². The van der Waals surface area contributed by atoms with Gasteiger partial charge in [-0.25, -0.2) is 4.79 Å². The van der Waals surface area contributed by atoms with Crippen LogP contribution in [0.15, 0.2) is 24.3 Å². The van der Waals surface area contributed by atoms with E-state index in [0.717, 1.165) is 0 Å². The molecular weight excluding hydrogens is 498 g/mol. The molecule has 15 heteroatoms. The van der Waals surface area contributed by atoms with Crippen molar-refractivity contribution in [1.82, 2.24) is 16.0 Å². The molecule has 14 nitrogen and oxygen atoms in total.